The first-order chi connectivity index (χ1) is 7.76. The van der Waals surface area contributed by atoms with Crippen molar-refractivity contribution in [1.82, 2.24) is 4.98 Å². The second-order valence-corrected chi connectivity index (χ2v) is 3.10. The first-order valence-electron chi connectivity index (χ1n) is 4.07. The van der Waals surface area contributed by atoms with Crippen LogP contribution in [0.4, 0.5) is 22.0 Å². The second-order valence-electron chi connectivity index (χ2n) is 2.83. The van der Waals surface area contributed by atoms with Crippen LogP contribution in [0.1, 0.15) is 17.6 Å². The molecule has 0 fully saturated rings. The lowest BCUT2D eigenvalue weighted by Gasteiger charge is -2.13. The molecule has 1 rings (SSSR count). The third kappa shape index (κ3) is 3.32. The molecule has 0 aliphatic carbocycles. The molecule has 1 N–H and O–H groups in total. The Kier molecular flexibility index (Phi) is 3.97. The minimum atomic E-state index is -5.08. The predicted molar refractivity (Wildman–Crippen MR) is 47.1 cm³/mol. The maximum absolute atomic E-state index is 12.4. The van der Waals surface area contributed by atoms with Gasteiger partial charge in [-0.15, -0.1) is 24.8 Å². The Labute approximate surface area is 96.8 Å². The maximum atomic E-state index is 12.4. The fraction of sp³-hybridized carbons (Fsp3) is 0.375. The van der Waals surface area contributed by atoms with Gasteiger partial charge < -0.3 is 9.84 Å². The molecule has 0 spiro atoms. The molecule has 96 valence electrons. The van der Waals surface area contributed by atoms with Crippen LogP contribution < -0.4 is 4.74 Å². The summed E-state index contributed by atoms with van der Waals surface area (Å²) >= 11 is 5.27. The van der Waals surface area contributed by atoms with Gasteiger partial charge in [0.05, 0.1) is 5.88 Å². The van der Waals surface area contributed by atoms with Crippen LogP contribution in [0.5, 0.6) is 11.6 Å². The molecule has 0 aliphatic heterocycles. The Morgan fingerprint density at radius 2 is 2.00 bits per heavy atom. The van der Waals surface area contributed by atoms with Crippen molar-refractivity contribution < 1.29 is 31.8 Å². The molecule has 0 amide bonds. The molecule has 1 heterocycles. The number of ether oxygens (including phenoxy) is 1. The average molecular weight is 278 g/mol. The number of hydrogen-bond acceptors (Lipinski definition) is 3. The van der Waals surface area contributed by atoms with Gasteiger partial charge >= 0.3 is 6.36 Å². The van der Waals surface area contributed by atoms with Gasteiger partial charge in [-0.05, 0) is 0 Å². The molecule has 0 radical (unpaired) electrons. The van der Waals surface area contributed by atoms with Gasteiger partial charge in [0.1, 0.15) is 0 Å². The Hall–Kier alpha value is -1.31. The standard InChI is InChI=1S/C8H5ClF5NO2/c9-1-3-4(6(10)11)2-15-7(5(3)16)17-8(12,13)14/h2,6,16H,1H2. The van der Waals surface area contributed by atoms with Gasteiger partial charge in [0.2, 0.25) is 0 Å². The van der Waals surface area contributed by atoms with E-state index in [2.05, 4.69) is 9.72 Å². The van der Waals surface area contributed by atoms with Gasteiger partial charge in [0, 0.05) is 17.3 Å². The van der Waals surface area contributed by atoms with Gasteiger partial charge in [-0.2, -0.15) is 0 Å². The molecule has 0 aromatic carbocycles. The topological polar surface area (TPSA) is 42.4 Å². The zero-order chi connectivity index (χ0) is 13.2. The Bertz CT molecular complexity index is 410. The lowest BCUT2D eigenvalue weighted by Crippen LogP contribution is -2.18. The fourth-order valence-corrected chi connectivity index (χ4v) is 1.33. The van der Waals surface area contributed by atoms with Crippen molar-refractivity contribution in [2.75, 3.05) is 0 Å². The molecule has 0 aliphatic rings. The van der Waals surface area contributed by atoms with Crippen LogP contribution in [0, 0.1) is 0 Å². The number of nitrogens with zero attached hydrogens (tertiary/aromatic N) is 1. The van der Waals surface area contributed by atoms with Crippen LogP contribution in [0.25, 0.3) is 0 Å². The Balaban J connectivity index is 3.20. The normalized spacial score (nSPS) is 11.9. The predicted octanol–water partition coefficient (Wildman–Crippen LogP) is 3.36. The van der Waals surface area contributed by atoms with Crippen molar-refractivity contribution in [3.8, 4) is 11.6 Å². The van der Waals surface area contributed by atoms with Crippen molar-refractivity contribution in [3.63, 3.8) is 0 Å². The van der Waals surface area contributed by atoms with Crippen molar-refractivity contribution in [2.24, 2.45) is 0 Å². The number of aromatic nitrogens is 1. The summed E-state index contributed by atoms with van der Waals surface area (Å²) in [7, 11) is 0. The number of rotatable bonds is 3. The molecule has 1 aromatic heterocycles. The van der Waals surface area contributed by atoms with Crippen molar-refractivity contribution in [1.29, 1.82) is 0 Å². The summed E-state index contributed by atoms with van der Waals surface area (Å²) in [5.41, 5.74) is -1.29. The Morgan fingerprint density at radius 1 is 1.41 bits per heavy atom. The highest BCUT2D eigenvalue weighted by molar-refractivity contribution is 6.17. The fourth-order valence-electron chi connectivity index (χ4n) is 1.05. The summed E-state index contributed by atoms with van der Waals surface area (Å²) in [5.74, 6) is -2.95. The van der Waals surface area contributed by atoms with E-state index in [0.29, 0.717) is 6.20 Å². The monoisotopic (exact) mass is 277 g/mol. The minimum Gasteiger partial charge on any atom is -0.503 e. The number of hydrogen-bond donors (Lipinski definition) is 1. The second kappa shape index (κ2) is 4.91. The van der Waals surface area contributed by atoms with Crippen molar-refractivity contribution >= 4 is 11.6 Å². The third-order valence-corrected chi connectivity index (χ3v) is 2.01. The number of halogens is 6. The highest BCUT2D eigenvalue weighted by Crippen LogP contribution is 2.37. The van der Waals surface area contributed by atoms with E-state index in [9.17, 15) is 27.1 Å². The van der Waals surface area contributed by atoms with Crippen LogP contribution in [0.3, 0.4) is 0 Å². The summed E-state index contributed by atoms with van der Waals surface area (Å²) in [6.45, 7) is 0. The zero-order valence-electron chi connectivity index (χ0n) is 7.93. The van der Waals surface area contributed by atoms with Crippen LogP contribution in [-0.4, -0.2) is 16.5 Å². The van der Waals surface area contributed by atoms with Crippen molar-refractivity contribution in [3.05, 3.63) is 17.3 Å². The van der Waals surface area contributed by atoms with Crippen LogP contribution in [-0.2, 0) is 5.88 Å². The van der Waals surface area contributed by atoms with E-state index >= 15 is 0 Å². The van der Waals surface area contributed by atoms with Gasteiger partial charge in [-0.1, -0.05) is 0 Å². The quantitative estimate of drug-likeness (QED) is 0.680. The number of pyridine rings is 1. The number of aromatic hydroxyl groups is 1. The molecule has 3 nitrogen and oxygen atoms in total. The van der Waals surface area contributed by atoms with Crippen molar-refractivity contribution in [2.45, 2.75) is 18.7 Å². The lowest BCUT2D eigenvalue weighted by atomic mass is 10.1. The summed E-state index contributed by atoms with van der Waals surface area (Å²) in [6, 6.07) is 0. The SMILES string of the molecule is Oc1c(OC(F)(F)F)ncc(C(F)F)c1CCl. The van der Waals surface area contributed by atoms with E-state index < -0.39 is 41.4 Å². The van der Waals surface area contributed by atoms with E-state index in [-0.39, 0.29) is 0 Å². The lowest BCUT2D eigenvalue weighted by molar-refractivity contribution is -0.276. The summed E-state index contributed by atoms with van der Waals surface area (Å²) in [6.07, 6.45) is -7.62. The van der Waals surface area contributed by atoms with E-state index in [0.717, 1.165) is 0 Å². The van der Waals surface area contributed by atoms with Crippen LogP contribution in [0.2, 0.25) is 0 Å². The first-order valence-corrected chi connectivity index (χ1v) is 4.60. The van der Waals surface area contributed by atoms with Gasteiger partial charge in [0.25, 0.3) is 12.3 Å². The molecule has 17 heavy (non-hydrogen) atoms. The average Bonchev–Trinajstić information content (AvgIpc) is 2.18. The third-order valence-electron chi connectivity index (χ3n) is 1.74. The molecule has 9 heteroatoms. The molecule has 0 atom stereocenters. The first kappa shape index (κ1) is 13.8. The maximum Gasteiger partial charge on any atom is 0.574 e. The van der Waals surface area contributed by atoms with E-state index in [4.69, 9.17) is 11.6 Å². The van der Waals surface area contributed by atoms with Crippen LogP contribution in [0.15, 0.2) is 6.20 Å². The smallest absolute Gasteiger partial charge is 0.503 e. The Morgan fingerprint density at radius 3 is 2.41 bits per heavy atom. The summed E-state index contributed by atoms with van der Waals surface area (Å²) in [5, 5.41) is 9.28. The van der Waals surface area contributed by atoms with E-state index in [1.54, 1.807) is 0 Å². The van der Waals surface area contributed by atoms with Gasteiger partial charge in [-0.3, -0.25) is 0 Å². The summed E-state index contributed by atoms with van der Waals surface area (Å²) < 4.78 is 63.7. The molecular formula is C8H5ClF5NO2. The minimum absolute atomic E-state index is 0.475. The molecule has 0 saturated carbocycles. The molecule has 0 bridgehead atoms. The van der Waals surface area contributed by atoms with E-state index in [1.807, 2.05) is 0 Å². The largest absolute Gasteiger partial charge is 0.574 e. The van der Waals surface area contributed by atoms with Gasteiger partial charge in [0.15, 0.2) is 5.75 Å². The number of alkyl halides is 6. The molecular weight excluding hydrogens is 273 g/mol. The zero-order valence-corrected chi connectivity index (χ0v) is 8.69. The summed E-state index contributed by atoms with van der Waals surface area (Å²) in [4.78, 5) is 2.96. The molecule has 1 aromatic rings. The van der Waals surface area contributed by atoms with Gasteiger partial charge in [-0.25, -0.2) is 13.8 Å². The van der Waals surface area contributed by atoms with Crippen LogP contribution >= 0.6 is 11.6 Å². The highest BCUT2D eigenvalue weighted by Gasteiger charge is 2.34. The molecule has 0 saturated heterocycles. The molecule has 0 unspecified atom stereocenters. The highest BCUT2D eigenvalue weighted by atomic mass is 35.5. The van der Waals surface area contributed by atoms with E-state index in [1.165, 1.54) is 0 Å².